The fraction of sp³-hybridized carbons (Fsp3) is 0.526. The summed E-state index contributed by atoms with van der Waals surface area (Å²) in [5, 5.41) is 6.87. The van der Waals surface area contributed by atoms with Crippen molar-refractivity contribution in [2.75, 3.05) is 13.2 Å². The molecule has 1 amide bonds. The standard InChI is InChI=1S/C19H25N3O4/c1-3-17-21-19(26-22-17)7-4-6-18(23)20-13(2)14-8-9-15-16(12-14)25-11-5-10-24-15/h8-9,12-13H,3-7,10-11H2,1-2H3,(H,20,23). The third kappa shape index (κ3) is 4.74. The lowest BCUT2D eigenvalue weighted by atomic mass is 10.1. The molecule has 0 spiro atoms. The topological polar surface area (TPSA) is 86.5 Å². The van der Waals surface area contributed by atoms with E-state index in [1.165, 1.54) is 0 Å². The fourth-order valence-corrected chi connectivity index (χ4v) is 2.78. The minimum atomic E-state index is -0.102. The van der Waals surface area contributed by atoms with E-state index in [0.29, 0.717) is 44.2 Å². The number of carbonyl (C=O) groups excluding carboxylic acids is 1. The van der Waals surface area contributed by atoms with E-state index in [4.69, 9.17) is 14.0 Å². The minimum absolute atomic E-state index is 0.000147. The first-order valence-electron chi connectivity index (χ1n) is 9.16. The number of aromatic nitrogens is 2. The molecule has 1 N–H and O–H groups in total. The number of amides is 1. The average Bonchev–Trinajstić information content (AvgIpc) is 2.97. The van der Waals surface area contributed by atoms with E-state index in [1.54, 1.807) is 0 Å². The van der Waals surface area contributed by atoms with E-state index in [2.05, 4.69) is 15.5 Å². The van der Waals surface area contributed by atoms with E-state index in [1.807, 2.05) is 32.0 Å². The first-order valence-corrected chi connectivity index (χ1v) is 9.16. The molecule has 1 aliphatic rings. The van der Waals surface area contributed by atoms with Gasteiger partial charge in [0.2, 0.25) is 11.8 Å². The van der Waals surface area contributed by atoms with Gasteiger partial charge in [-0.15, -0.1) is 0 Å². The van der Waals surface area contributed by atoms with Gasteiger partial charge in [0, 0.05) is 25.7 Å². The molecule has 0 saturated heterocycles. The van der Waals surface area contributed by atoms with Crippen LogP contribution in [0.1, 0.15) is 56.4 Å². The SMILES string of the molecule is CCc1noc(CCCC(=O)NC(C)c2ccc3c(c2)OCCCO3)n1. The van der Waals surface area contributed by atoms with Crippen LogP contribution in [-0.4, -0.2) is 29.3 Å². The van der Waals surface area contributed by atoms with Crippen molar-refractivity contribution >= 4 is 5.91 Å². The smallest absolute Gasteiger partial charge is 0.226 e. The van der Waals surface area contributed by atoms with Crippen molar-refractivity contribution in [3.05, 3.63) is 35.5 Å². The average molecular weight is 359 g/mol. The fourth-order valence-electron chi connectivity index (χ4n) is 2.78. The molecule has 1 aliphatic heterocycles. The quantitative estimate of drug-likeness (QED) is 0.818. The maximum absolute atomic E-state index is 12.2. The molecule has 7 nitrogen and oxygen atoms in total. The van der Waals surface area contributed by atoms with Crippen molar-refractivity contribution in [2.24, 2.45) is 0 Å². The highest BCUT2D eigenvalue weighted by atomic mass is 16.5. The first kappa shape index (κ1) is 18.2. The summed E-state index contributed by atoms with van der Waals surface area (Å²) in [7, 11) is 0. The largest absolute Gasteiger partial charge is 0.490 e. The summed E-state index contributed by atoms with van der Waals surface area (Å²) in [5.74, 6) is 2.79. The molecule has 2 aromatic rings. The molecule has 140 valence electrons. The van der Waals surface area contributed by atoms with Gasteiger partial charge in [0.15, 0.2) is 17.3 Å². The van der Waals surface area contributed by atoms with Gasteiger partial charge in [-0.25, -0.2) is 0 Å². The summed E-state index contributed by atoms with van der Waals surface area (Å²) in [4.78, 5) is 16.4. The van der Waals surface area contributed by atoms with Gasteiger partial charge in [0.05, 0.1) is 19.3 Å². The summed E-state index contributed by atoms with van der Waals surface area (Å²) < 4.78 is 16.5. The monoisotopic (exact) mass is 359 g/mol. The zero-order valence-corrected chi connectivity index (χ0v) is 15.3. The van der Waals surface area contributed by atoms with Crippen molar-refractivity contribution < 1.29 is 18.8 Å². The summed E-state index contributed by atoms with van der Waals surface area (Å²) in [6.45, 7) is 5.25. The van der Waals surface area contributed by atoms with Gasteiger partial charge in [-0.1, -0.05) is 18.1 Å². The van der Waals surface area contributed by atoms with Gasteiger partial charge in [0.1, 0.15) is 0 Å². The molecule has 3 rings (SSSR count). The molecule has 1 atom stereocenters. The van der Waals surface area contributed by atoms with Crippen LogP contribution in [0.25, 0.3) is 0 Å². The molecule has 1 unspecified atom stereocenters. The Kier molecular flexibility index (Phi) is 6.09. The summed E-state index contributed by atoms with van der Waals surface area (Å²) in [5.41, 5.74) is 0.993. The molecule has 0 aliphatic carbocycles. The number of fused-ring (bicyclic) bond motifs is 1. The van der Waals surface area contributed by atoms with Gasteiger partial charge in [-0.05, 0) is 31.0 Å². The normalized spacial score (nSPS) is 14.5. The molecule has 7 heteroatoms. The zero-order chi connectivity index (χ0) is 18.4. The van der Waals surface area contributed by atoms with Crippen LogP contribution in [0, 0.1) is 0 Å². The molecule has 0 fully saturated rings. The van der Waals surface area contributed by atoms with Crippen LogP contribution in [0.2, 0.25) is 0 Å². The van der Waals surface area contributed by atoms with Crippen molar-refractivity contribution in [3.63, 3.8) is 0 Å². The molecule has 0 radical (unpaired) electrons. The van der Waals surface area contributed by atoms with Gasteiger partial charge in [-0.3, -0.25) is 4.79 Å². The molecular weight excluding hydrogens is 334 g/mol. The van der Waals surface area contributed by atoms with Crippen LogP contribution in [0.15, 0.2) is 22.7 Å². The Bertz CT molecular complexity index is 744. The number of hydrogen-bond donors (Lipinski definition) is 1. The summed E-state index contributed by atoms with van der Waals surface area (Å²) in [6.07, 6.45) is 3.32. The number of nitrogens with zero attached hydrogens (tertiary/aromatic N) is 2. The minimum Gasteiger partial charge on any atom is -0.490 e. The van der Waals surface area contributed by atoms with E-state index in [9.17, 15) is 4.79 Å². The Morgan fingerprint density at radius 2 is 2.08 bits per heavy atom. The highest BCUT2D eigenvalue weighted by molar-refractivity contribution is 5.76. The molecule has 2 heterocycles. The number of carbonyl (C=O) groups is 1. The van der Waals surface area contributed by atoms with E-state index in [-0.39, 0.29) is 11.9 Å². The van der Waals surface area contributed by atoms with Crippen molar-refractivity contribution in [1.29, 1.82) is 0 Å². The lowest BCUT2D eigenvalue weighted by molar-refractivity contribution is -0.121. The molecule has 0 saturated carbocycles. The van der Waals surface area contributed by atoms with Crippen LogP contribution < -0.4 is 14.8 Å². The van der Waals surface area contributed by atoms with Gasteiger partial charge >= 0.3 is 0 Å². The highest BCUT2D eigenvalue weighted by Gasteiger charge is 2.15. The van der Waals surface area contributed by atoms with Crippen molar-refractivity contribution in [3.8, 4) is 11.5 Å². The second-order valence-electron chi connectivity index (χ2n) is 6.36. The van der Waals surface area contributed by atoms with Gasteiger partial charge in [-0.2, -0.15) is 4.98 Å². The van der Waals surface area contributed by atoms with E-state index >= 15 is 0 Å². The molecule has 0 bridgehead atoms. The summed E-state index contributed by atoms with van der Waals surface area (Å²) >= 11 is 0. The molecule has 1 aromatic heterocycles. The lowest BCUT2D eigenvalue weighted by Gasteiger charge is -2.16. The lowest BCUT2D eigenvalue weighted by Crippen LogP contribution is -2.26. The van der Waals surface area contributed by atoms with Gasteiger partial charge in [0.25, 0.3) is 0 Å². The Balaban J connectivity index is 1.48. The second-order valence-corrected chi connectivity index (χ2v) is 6.36. The highest BCUT2D eigenvalue weighted by Crippen LogP contribution is 2.32. The number of rotatable bonds is 7. The molecule has 26 heavy (non-hydrogen) atoms. The molecular formula is C19H25N3O4. The third-order valence-corrected chi connectivity index (χ3v) is 4.27. The predicted octanol–water partition coefficient (Wildman–Crippen LogP) is 2.99. The number of benzene rings is 1. The van der Waals surface area contributed by atoms with E-state index in [0.717, 1.165) is 29.9 Å². The maximum atomic E-state index is 12.2. The van der Waals surface area contributed by atoms with Crippen molar-refractivity contribution in [1.82, 2.24) is 15.5 Å². The number of hydrogen-bond acceptors (Lipinski definition) is 6. The van der Waals surface area contributed by atoms with Crippen LogP contribution in [0.5, 0.6) is 11.5 Å². The second kappa shape index (κ2) is 8.69. The Hall–Kier alpha value is -2.57. The zero-order valence-electron chi connectivity index (χ0n) is 15.3. The first-order chi connectivity index (χ1) is 12.7. The third-order valence-electron chi connectivity index (χ3n) is 4.27. The number of ether oxygens (including phenoxy) is 2. The van der Waals surface area contributed by atoms with Crippen LogP contribution >= 0.6 is 0 Å². The van der Waals surface area contributed by atoms with Crippen LogP contribution in [0.4, 0.5) is 0 Å². The Morgan fingerprint density at radius 3 is 2.85 bits per heavy atom. The van der Waals surface area contributed by atoms with Crippen molar-refractivity contribution in [2.45, 2.75) is 52.0 Å². The Morgan fingerprint density at radius 1 is 1.27 bits per heavy atom. The maximum Gasteiger partial charge on any atom is 0.226 e. The van der Waals surface area contributed by atoms with E-state index < -0.39 is 0 Å². The number of nitrogens with one attached hydrogen (secondary N) is 1. The Labute approximate surface area is 153 Å². The number of aryl methyl sites for hydroxylation is 2. The van der Waals surface area contributed by atoms with Gasteiger partial charge < -0.3 is 19.3 Å². The van der Waals surface area contributed by atoms with Crippen LogP contribution in [0.3, 0.4) is 0 Å². The predicted molar refractivity (Wildman–Crippen MR) is 95.2 cm³/mol. The summed E-state index contributed by atoms with van der Waals surface area (Å²) in [6, 6.07) is 5.70. The molecule has 1 aromatic carbocycles. The van der Waals surface area contributed by atoms with Crippen LogP contribution in [-0.2, 0) is 17.6 Å².